The number of oxazole rings is 1. The van der Waals surface area contributed by atoms with Gasteiger partial charge in [0.2, 0.25) is 23.2 Å². The molecule has 0 amide bonds. The molecule has 2 aromatic carbocycles. The second-order valence-electron chi connectivity index (χ2n) is 6.41. The third-order valence-electron chi connectivity index (χ3n) is 4.50. The van der Waals surface area contributed by atoms with Crippen molar-refractivity contribution in [2.75, 3.05) is 26.6 Å². The lowest BCUT2D eigenvalue weighted by atomic mass is 10.1. The first-order chi connectivity index (χ1) is 14.6. The number of rotatable bonds is 8. The summed E-state index contributed by atoms with van der Waals surface area (Å²) in [6, 6.07) is 15.5. The molecular formula is C23H23N3O4. The van der Waals surface area contributed by atoms with Crippen LogP contribution in [0.4, 0.5) is 5.88 Å². The normalized spacial score (nSPS) is 11.7. The summed E-state index contributed by atoms with van der Waals surface area (Å²) in [5.74, 6) is 2.24. The van der Waals surface area contributed by atoms with Crippen molar-refractivity contribution >= 4 is 18.0 Å². The molecule has 0 radical (unpaired) electrons. The molecule has 7 nitrogen and oxygen atoms in total. The van der Waals surface area contributed by atoms with Crippen molar-refractivity contribution in [3.63, 3.8) is 0 Å². The molecule has 0 fully saturated rings. The zero-order valence-corrected chi connectivity index (χ0v) is 17.3. The van der Waals surface area contributed by atoms with Gasteiger partial charge in [0.1, 0.15) is 6.07 Å². The number of aromatic nitrogens is 1. The fourth-order valence-electron chi connectivity index (χ4n) is 2.97. The number of hydrogen-bond donors (Lipinski definition) is 1. The molecule has 1 unspecified atom stereocenters. The van der Waals surface area contributed by atoms with Crippen LogP contribution in [0, 0.1) is 11.3 Å². The summed E-state index contributed by atoms with van der Waals surface area (Å²) in [5.41, 5.74) is 2.07. The lowest BCUT2D eigenvalue weighted by Crippen LogP contribution is -2.06. The van der Waals surface area contributed by atoms with Crippen LogP contribution in [0.25, 0.3) is 12.2 Å². The number of anilines is 1. The summed E-state index contributed by atoms with van der Waals surface area (Å²) in [5, 5.41) is 12.6. The van der Waals surface area contributed by atoms with Crippen LogP contribution in [0.2, 0.25) is 0 Å². The number of hydrogen-bond acceptors (Lipinski definition) is 7. The Labute approximate surface area is 175 Å². The van der Waals surface area contributed by atoms with Crippen LogP contribution in [-0.2, 0) is 0 Å². The summed E-state index contributed by atoms with van der Waals surface area (Å²) in [7, 11) is 4.67. The first kappa shape index (κ1) is 20.8. The molecule has 0 aliphatic heterocycles. The SMILES string of the molecule is COc1cc(/C=C/c2nc(C#N)c(NC(C)c3ccccc3)o2)cc(OC)c1OC. The number of ether oxygens (including phenoxy) is 3. The third-order valence-corrected chi connectivity index (χ3v) is 4.50. The molecule has 0 saturated carbocycles. The van der Waals surface area contributed by atoms with Gasteiger partial charge in [0.05, 0.1) is 27.4 Å². The van der Waals surface area contributed by atoms with E-state index in [1.54, 1.807) is 33.5 Å². The lowest BCUT2D eigenvalue weighted by Gasteiger charge is -2.13. The van der Waals surface area contributed by atoms with Crippen molar-refractivity contribution in [2.45, 2.75) is 13.0 Å². The zero-order valence-electron chi connectivity index (χ0n) is 17.3. The number of nitrogens with one attached hydrogen (secondary N) is 1. The van der Waals surface area contributed by atoms with E-state index in [2.05, 4.69) is 16.4 Å². The second kappa shape index (κ2) is 9.52. The van der Waals surface area contributed by atoms with E-state index in [1.807, 2.05) is 49.4 Å². The second-order valence-corrected chi connectivity index (χ2v) is 6.41. The van der Waals surface area contributed by atoms with Crippen LogP contribution in [0.3, 0.4) is 0 Å². The average Bonchev–Trinajstić information content (AvgIpc) is 3.18. The van der Waals surface area contributed by atoms with Crippen LogP contribution in [0.5, 0.6) is 17.2 Å². The van der Waals surface area contributed by atoms with E-state index >= 15 is 0 Å². The van der Waals surface area contributed by atoms with Crippen molar-refractivity contribution in [1.29, 1.82) is 5.26 Å². The summed E-state index contributed by atoms with van der Waals surface area (Å²) in [6.45, 7) is 1.99. The predicted molar refractivity (Wildman–Crippen MR) is 115 cm³/mol. The van der Waals surface area contributed by atoms with Crippen molar-refractivity contribution < 1.29 is 18.6 Å². The van der Waals surface area contributed by atoms with Gasteiger partial charge in [-0.2, -0.15) is 10.2 Å². The van der Waals surface area contributed by atoms with Gasteiger partial charge in [-0.3, -0.25) is 0 Å². The van der Waals surface area contributed by atoms with Crippen LogP contribution in [-0.4, -0.2) is 26.3 Å². The lowest BCUT2D eigenvalue weighted by molar-refractivity contribution is 0.324. The predicted octanol–water partition coefficient (Wildman–Crippen LogP) is 4.92. The molecule has 154 valence electrons. The first-order valence-electron chi connectivity index (χ1n) is 9.30. The summed E-state index contributed by atoms with van der Waals surface area (Å²) in [6.07, 6.45) is 3.47. The standard InChI is InChI=1S/C23H23N3O4/c1-15(17-8-6-5-7-9-17)25-23-18(14-24)26-21(30-23)11-10-16-12-19(27-2)22(29-4)20(13-16)28-3/h5-13,15,25H,1-4H3/b11-10+. The molecule has 1 atom stereocenters. The molecule has 0 aliphatic rings. The minimum Gasteiger partial charge on any atom is -0.493 e. The molecule has 1 heterocycles. The molecule has 0 saturated heterocycles. The van der Waals surface area contributed by atoms with Crippen LogP contribution < -0.4 is 19.5 Å². The Balaban J connectivity index is 1.84. The van der Waals surface area contributed by atoms with E-state index in [-0.39, 0.29) is 11.7 Å². The summed E-state index contributed by atoms with van der Waals surface area (Å²) >= 11 is 0. The van der Waals surface area contributed by atoms with Gasteiger partial charge >= 0.3 is 0 Å². The molecule has 3 rings (SSSR count). The summed E-state index contributed by atoms with van der Waals surface area (Å²) < 4.78 is 21.8. The number of nitrogens with zero attached hydrogens (tertiary/aromatic N) is 2. The highest BCUT2D eigenvalue weighted by Crippen LogP contribution is 2.38. The third kappa shape index (κ3) is 4.55. The molecule has 0 aliphatic carbocycles. The van der Waals surface area contributed by atoms with Gasteiger partial charge in [0, 0.05) is 6.08 Å². The minimum atomic E-state index is -0.0433. The Hall–Kier alpha value is -3.92. The fourth-order valence-corrected chi connectivity index (χ4v) is 2.97. The highest BCUT2D eigenvalue weighted by Gasteiger charge is 2.15. The quantitative estimate of drug-likeness (QED) is 0.569. The van der Waals surface area contributed by atoms with Gasteiger partial charge in [-0.15, -0.1) is 0 Å². The summed E-state index contributed by atoms with van der Waals surface area (Å²) in [4.78, 5) is 4.25. The van der Waals surface area contributed by atoms with E-state index in [9.17, 15) is 5.26 Å². The maximum atomic E-state index is 9.41. The Morgan fingerprint density at radius 2 is 1.70 bits per heavy atom. The van der Waals surface area contributed by atoms with Crippen molar-refractivity contribution in [1.82, 2.24) is 4.98 Å². The molecule has 1 aromatic heterocycles. The molecule has 30 heavy (non-hydrogen) atoms. The Morgan fingerprint density at radius 1 is 1.03 bits per heavy atom. The van der Waals surface area contributed by atoms with Gasteiger partial charge in [0.25, 0.3) is 0 Å². The van der Waals surface area contributed by atoms with E-state index < -0.39 is 0 Å². The molecule has 0 bridgehead atoms. The van der Waals surface area contributed by atoms with Crippen molar-refractivity contribution in [3.8, 4) is 23.3 Å². The maximum Gasteiger partial charge on any atom is 0.233 e. The van der Waals surface area contributed by atoms with Gasteiger partial charge in [-0.1, -0.05) is 30.3 Å². The molecule has 3 aromatic rings. The van der Waals surface area contributed by atoms with E-state index in [4.69, 9.17) is 18.6 Å². The van der Waals surface area contributed by atoms with E-state index in [0.717, 1.165) is 11.1 Å². The van der Waals surface area contributed by atoms with Crippen molar-refractivity contribution in [2.24, 2.45) is 0 Å². The number of methoxy groups -OCH3 is 3. The highest BCUT2D eigenvalue weighted by molar-refractivity contribution is 5.71. The molecule has 1 N–H and O–H groups in total. The molecular weight excluding hydrogens is 382 g/mol. The largest absolute Gasteiger partial charge is 0.493 e. The first-order valence-corrected chi connectivity index (χ1v) is 9.30. The van der Waals surface area contributed by atoms with E-state index in [1.165, 1.54) is 0 Å². The minimum absolute atomic E-state index is 0.0433. The number of benzene rings is 2. The highest BCUT2D eigenvalue weighted by atomic mass is 16.5. The molecule has 7 heteroatoms. The Bertz CT molecular complexity index is 1040. The monoisotopic (exact) mass is 405 g/mol. The maximum absolute atomic E-state index is 9.41. The Kier molecular flexibility index (Phi) is 6.60. The van der Waals surface area contributed by atoms with Gasteiger partial charge < -0.3 is 23.9 Å². The van der Waals surface area contributed by atoms with Gasteiger partial charge in [-0.05, 0) is 36.3 Å². The fraction of sp³-hybridized carbons (Fsp3) is 0.217. The van der Waals surface area contributed by atoms with E-state index in [0.29, 0.717) is 29.0 Å². The average molecular weight is 405 g/mol. The van der Waals surface area contributed by atoms with Crippen LogP contribution in [0.15, 0.2) is 46.9 Å². The topological polar surface area (TPSA) is 89.5 Å². The van der Waals surface area contributed by atoms with Crippen LogP contribution in [0.1, 0.15) is 35.7 Å². The molecule has 0 spiro atoms. The van der Waals surface area contributed by atoms with Gasteiger partial charge in [0.15, 0.2) is 11.5 Å². The Morgan fingerprint density at radius 3 is 2.27 bits per heavy atom. The zero-order chi connectivity index (χ0) is 21.5. The smallest absolute Gasteiger partial charge is 0.233 e. The van der Waals surface area contributed by atoms with Gasteiger partial charge in [-0.25, -0.2) is 0 Å². The number of nitriles is 1. The van der Waals surface area contributed by atoms with Crippen molar-refractivity contribution in [3.05, 3.63) is 65.2 Å². The van der Waals surface area contributed by atoms with Crippen LogP contribution >= 0.6 is 0 Å².